The highest BCUT2D eigenvalue weighted by molar-refractivity contribution is 14.0. The molecule has 178 valence electrons. The molecule has 1 atom stereocenters. The van der Waals surface area contributed by atoms with Gasteiger partial charge in [-0.1, -0.05) is 12.1 Å². The fourth-order valence-corrected chi connectivity index (χ4v) is 2.85. The highest BCUT2D eigenvalue weighted by Gasteiger charge is 2.11. The Hall–Kier alpha value is -2.27. The van der Waals surface area contributed by atoms with Crippen molar-refractivity contribution in [1.29, 1.82) is 0 Å². The first-order valence-corrected chi connectivity index (χ1v) is 10.7. The maximum atomic E-state index is 12.0. The molecule has 0 fully saturated rings. The van der Waals surface area contributed by atoms with Crippen molar-refractivity contribution in [3.05, 3.63) is 53.5 Å². The van der Waals surface area contributed by atoms with Crippen LogP contribution in [0.4, 0.5) is 0 Å². The molecule has 0 bridgehead atoms. The summed E-state index contributed by atoms with van der Waals surface area (Å²) in [5.41, 5.74) is 1.60. The number of ether oxygens (including phenoxy) is 1. The van der Waals surface area contributed by atoms with E-state index < -0.39 is 6.10 Å². The number of nitrogens with one attached hydrogen (secondary N) is 3. The van der Waals surface area contributed by atoms with E-state index in [1.165, 1.54) is 6.26 Å². The number of aryl methyl sites for hydroxylation is 1. The molecule has 1 aromatic carbocycles. The Morgan fingerprint density at radius 1 is 1.12 bits per heavy atom. The molecule has 2 rings (SSSR count). The highest BCUT2D eigenvalue weighted by atomic mass is 127. The Bertz CT molecular complexity index is 837. The molecule has 8 nitrogen and oxygen atoms in total. The largest absolute Gasteiger partial charge is 0.491 e. The van der Waals surface area contributed by atoms with E-state index in [2.05, 4.69) is 20.9 Å². The maximum Gasteiger partial charge on any atom is 0.287 e. The smallest absolute Gasteiger partial charge is 0.287 e. The number of hydrogen-bond donors (Lipinski definition) is 4. The lowest BCUT2D eigenvalue weighted by Crippen LogP contribution is -2.39. The molecule has 0 aliphatic rings. The van der Waals surface area contributed by atoms with E-state index in [4.69, 9.17) is 9.15 Å². The van der Waals surface area contributed by atoms with Crippen molar-refractivity contribution >= 4 is 35.8 Å². The first-order valence-electron chi connectivity index (χ1n) is 10.7. The van der Waals surface area contributed by atoms with E-state index in [0.717, 1.165) is 23.3 Å². The number of guanidine groups is 1. The van der Waals surface area contributed by atoms with E-state index in [1.54, 1.807) is 6.07 Å². The Labute approximate surface area is 207 Å². The van der Waals surface area contributed by atoms with Gasteiger partial charge in [0.1, 0.15) is 5.75 Å². The van der Waals surface area contributed by atoms with E-state index in [1.807, 2.05) is 52.0 Å². The van der Waals surface area contributed by atoms with Gasteiger partial charge < -0.3 is 30.2 Å². The second kappa shape index (κ2) is 14.7. The lowest BCUT2D eigenvalue weighted by atomic mass is 10.1. The number of hydrogen-bond acceptors (Lipinski definition) is 5. The monoisotopic (exact) mass is 558 g/mol. The molecule has 0 aliphatic heterocycles. The Morgan fingerprint density at radius 2 is 1.81 bits per heavy atom. The number of carbonyl (C=O) groups excluding carboxylic acids is 1. The van der Waals surface area contributed by atoms with E-state index in [0.29, 0.717) is 31.4 Å². The molecule has 32 heavy (non-hydrogen) atoms. The molecule has 4 N–H and O–H groups in total. The quantitative estimate of drug-likeness (QED) is 0.146. The number of aliphatic imine (C=N–C) groups is 1. The van der Waals surface area contributed by atoms with Gasteiger partial charge in [-0.25, -0.2) is 0 Å². The number of amides is 1. The fraction of sp³-hybridized carbons (Fsp3) is 0.478. The number of halogens is 1. The van der Waals surface area contributed by atoms with Gasteiger partial charge in [-0.05, 0) is 57.9 Å². The standard InChI is InChI=1S/C23H34N4O4.HI/c1-5-24-23(26-13-6-12-25-22(29)21-17(4)11-14-30-21)27-15-20(28)18-7-9-19(10-8-18)31-16(2)3;/h7-11,14,16,20,28H,5-6,12-13,15H2,1-4H3,(H,25,29)(H2,24,26,27);1H. The molecular weight excluding hydrogens is 523 g/mol. The van der Waals surface area contributed by atoms with Crippen molar-refractivity contribution in [3.63, 3.8) is 0 Å². The van der Waals surface area contributed by atoms with Crippen LogP contribution in [0.3, 0.4) is 0 Å². The summed E-state index contributed by atoms with van der Waals surface area (Å²) >= 11 is 0. The fourth-order valence-electron chi connectivity index (χ4n) is 2.85. The Morgan fingerprint density at radius 3 is 2.41 bits per heavy atom. The zero-order valence-electron chi connectivity index (χ0n) is 19.2. The van der Waals surface area contributed by atoms with Crippen molar-refractivity contribution in [2.24, 2.45) is 4.99 Å². The second-order valence-corrected chi connectivity index (χ2v) is 7.44. The van der Waals surface area contributed by atoms with E-state index in [9.17, 15) is 9.90 Å². The third-order valence-electron chi connectivity index (χ3n) is 4.40. The van der Waals surface area contributed by atoms with Gasteiger partial charge in [-0.15, -0.1) is 24.0 Å². The zero-order chi connectivity index (χ0) is 22.6. The van der Waals surface area contributed by atoms with Crippen LogP contribution in [0.5, 0.6) is 5.75 Å². The molecule has 2 aromatic rings. The number of aliphatic hydroxyl groups excluding tert-OH is 1. The first kappa shape index (κ1) is 27.8. The van der Waals surface area contributed by atoms with Crippen LogP contribution in [-0.4, -0.2) is 49.3 Å². The lowest BCUT2D eigenvalue weighted by Gasteiger charge is -2.14. The lowest BCUT2D eigenvalue weighted by molar-refractivity contribution is 0.0925. The topological polar surface area (TPSA) is 108 Å². The van der Waals surface area contributed by atoms with Gasteiger partial charge in [0.2, 0.25) is 0 Å². The van der Waals surface area contributed by atoms with Gasteiger partial charge in [-0.3, -0.25) is 9.79 Å². The van der Waals surface area contributed by atoms with Gasteiger partial charge in [0.15, 0.2) is 11.7 Å². The van der Waals surface area contributed by atoms with Crippen molar-refractivity contribution in [1.82, 2.24) is 16.0 Å². The van der Waals surface area contributed by atoms with Crippen molar-refractivity contribution < 1.29 is 19.1 Å². The molecule has 0 spiro atoms. The number of rotatable bonds is 11. The van der Waals surface area contributed by atoms with Crippen LogP contribution in [0.2, 0.25) is 0 Å². The molecule has 0 aliphatic carbocycles. The molecule has 0 radical (unpaired) electrons. The first-order chi connectivity index (χ1) is 14.9. The van der Waals surface area contributed by atoms with Gasteiger partial charge in [0.25, 0.3) is 5.91 Å². The van der Waals surface area contributed by atoms with Gasteiger partial charge in [0.05, 0.1) is 25.0 Å². The highest BCUT2D eigenvalue weighted by Crippen LogP contribution is 2.19. The van der Waals surface area contributed by atoms with Crippen LogP contribution >= 0.6 is 24.0 Å². The third-order valence-corrected chi connectivity index (χ3v) is 4.40. The summed E-state index contributed by atoms with van der Waals surface area (Å²) in [5, 5.41) is 19.6. The molecule has 1 heterocycles. The minimum atomic E-state index is -0.709. The number of nitrogens with zero attached hydrogens (tertiary/aromatic N) is 1. The van der Waals surface area contributed by atoms with Crippen LogP contribution in [0, 0.1) is 6.92 Å². The summed E-state index contributed by atoms with van der Waals surface area (Å²) < 4.78 is 10.8. The predicted octanol–water partition coefficient (Wildman–Crippen LogP) is 3.40. The minimum absolute atomic E-state index is 0. The number of aliphatic hydroxyl groups is 1. The van der Waals surface area contributed by atoms with E-state index in [-0.39, 0.29) is 42.5 Å². The molecule has 1 aromatic heterocycles. The summed E-state index contributed by atoms with van der Waals surface area (Å²) in [7, 11) is 0. The minimum Gasteiger partial charge on any atom is -0.491 e. The molecule has 0 saturated carbocycles. The van der Waals surface area contributed by atoms with Crippen molar-refractivity contribution in [2.75, 3.05) is 26.2 Å². The average Bonchev–Trinajstić information content (AvgIpc) is 3.17. The summed E-state index contributed by atoms with van der Waals surface area (Å²) in [6.45, 7) is 9.83. The van der Waals surface area contributed by atoms with Gasteiger partial charge in [-0.2, -0.15) is 0 Å². The average molecular weight is 558 g/mol. The van der Waals surface area contributed by atoms with Crippen LogP contribution in [0.15, 0.2) is 46.0 Å². The molecular formula is C23H35IN4O4. The summed E-state index contributed by atoms with van der Waals surface area (Å²) in [6.07, 6.45) is 1.62. The molecule has 1 unspecified atom stereocenters. The molecule has 9 heteroatoms. The molecule has 0 saturated heterocycles. The summed E-state index contributed by atoms with van der Waals surface area (Å²) in [4.78, 5) is 16.5. The predicted molar refractivity (Wildman–Crippen MR) is 137 cm³/mol. The summed E-state index contributed by atoms with van der Waals surface area (Å²) in [5.74, 6) is 1.53. The Balaban J connectivity index is 0.00000512. The van der Waals surface area contributed by atoms with Gasteiger partial charge in [0, 0.05) is 25.2 Å². The SMILES string of the molecule is CCNC(=NCC(O)c1ccc(OC(C)C)cc1)NCCCNC(=O)c1occc1C.I. The second-order valence-electron chi connectivity index (χ2n) is 7.44. The van der Waals surface area contributed by atoms with Crippen molar-refractivity contribution in [3.8, 4) is 5.75 Å². The Kier molecular flexibility index (Phi) is 12.8. The normalized spacial score (nSPS) is 12.1. The number of furan rings is 1. The third kappa shape index (κ3) is 9.47. The van der Waals surface area contributed by atoms with Crippen LogP contribution < -0.4 is 20.7 Å². The van der Waals surface area contributed by atoms with Crippen LogP contribution in [0.25, 0.3) is 0 Å². The molecule has 1 amide bonds. The maximum absolute atomic E-state index is 12.0. The summed E-state index contributed by atoms with van der Waals surface area (Å²) in [6, 6.07) is 9.16. The van der Waals surface area contributed by atoms with E-state index >= 15 is 0 Å². The number of carbonyl (C=O) groups is 1. The van der Waals surface area contributed by atoms with Crippen molar-refractivity contribution in [2.45, 2.75) is 46.3 Å². The zero-order valence-corrected chi connectivity index (χ0v) is 21.5. The number of benzene rings is 1. The van der Waals surface area contributed by atoms with Crippen LogP contribution in [-0.2, 0) is 0 Å². The van der Waals surface area contributed by atoms with Gasteiger partial charge >= 0.3 is 0 Å². The van der Waals surface area contributed by atoms with Crippen LogP contribution in [0.1, 0.15) is 55.0 Å².